The van der Waals surface area contributed by atoms with Gasteiger partial charge >= 0.3 is 0 Å². The first-order chi connectivity index (χ1) is 11.2. The van der Waals surface area contributed by atoms with Crippen molar-refractivity contribution in [3.63, 3.8) is 0 Å². The third-order valence-electron chi connectivity index (χ3n) is 5.03. The highest BCUT2D eigenvalue weighted by Crippen LogP contribution is 2.29. The number of benzene rings is 1. The van der Waals surface area contributed by atoms with Crippen molar-refractivity contribution >= 4 is 0 Å². The molecule has 5 nitrogen and oxygen atoms in total. The minimum Gasteiger partial charge on any atom is -0.338 e. The maximum atomic E-state index is 13.0. The van der Waals surface area contributed by atoms with Crippen LogP contribution >= 0.6 is 0 Å². The summed E-state index contributed by atoms with van der Waals surface area (Å²) in [7, 11) is 2.12. The number of hydrogen-bond acceptors (Lipinski definition) is 5. The molecule has 1 aromatic carbocycles. The van der Waals surface area contributed by atoms with E-state index in [0.717, 1.165) is 5.56 Å². The molecule has 6 heteroatoms. The predicted octanol–water partition coefficient (Wildman–Crippen LogP) is 2.59. The number of hydrogen-bond donors (Lipinski definition) is 1. The summed E-state index contributed by atoms with van der Waals surface area (Å²) in [4.78, 5) is 6.75. The summed E-state index contributed by atoms with van der Waals surface area (Å²) in [5.41, 5.74) is 0.768. The van der Waals surface area contributed by atoms with Gasteiger partial charge in [-0.25, -0.2) is 4.39 Å². The van der Waals surface area contributed by atoms with Crippen LogP contribution in [0.3, 0.4) is 0 Å². The second-order valence-corrected chi connectivity index (χ2v) is 6.70. The van der Waals surface area contributed by atoms with E-state index in [4.69, 9.17) is 4.52 Å². The van der Waals surface area contributed by atoms with Crippen molar-refractivity contribution in [2.45, 2.75) is 50.4 Å². The number of aromatic nitrogens is 2. The van der Waals surface area contributed by atoms with Gasteiger partial charge in [-0.2, -0.15) is 4.98 Å². The Morgan fingerprint density at radius 3 is 2.61 bits per heavy atom. The molecule has 2 fully saturated rings. The highest BCUT2D eigenvalue weighted by Gasteiger charge is 2.35. The van der Waals surface area contributed by atoms with Gasteiger partial charge in [0.15, 0.2) is 0 Å². The van der Waals surface area contributed by atoms with Crippen LogP contribution in [0.2, 0.25) is 0 Å². The monoisotopic (exact) mass is 316 g/mol. The quantitative estimate of drug-likeness (QED) is 0.939. The number of fused-ring (bicyclic) bond motifs is 2. The molecule has 0 spiro atoms. The maximum absolute atomic E-state index is 13.0. The lowest BCUT2D eigenvalue weighted by molar-refractivity contribution is 0.150. The molecule has 1 aromatic heterocycles. The van der Waals surface area contributed by atoms with Gasteiger partial charge in [0.25, 0.3) is 0 Å². The molecule has 2 aromatic rings. The molecule has 2 unspecified atom stereocenters. The van der Waals surface area contributed by atoms with Gasteiger partial charge in [0.2, 0.25) is 11.7 Å². The van der Waals surface area contributed by atoms with Crippen molar-refractivity contribution in [1.29, 1.82) is 0 Å². The minimum absolute atomic E-state index is 0.266. The SMILES string of the molecule is CN(Cc1nc(-c2ccc(F)cc2)no1)C1CC2CCC(C1)N2. The van der Waals surface area contributed by atoms with Crippen LogP contribution in [-0.2, 0) is 6.54 Å². The Balaban J connectivity index is 1.42. The maximum Gasteiger partial charge on any atom is 0.241 e. The molecule has 23 heavy (non-hydrogen) atoms. The zero-order valence-corrected chi connectivity index (χ0v) is 13.2. The van der Waals surface area contributed by atoms with Gasteiger partial charge in [0.05, 0.1) is 6.54 Å². The van der Waals surface area contributed by atoms with Crippen LogP contribution in [-0.4, -0.2) is 40.2 Å². The molecule has 0 radical (unpaired) electrons. The van der Waals surface area contributed by atoms with E-state index in [1.807, 2.05) is 0 Å². The standard InChI is InChI=1S/C17H21FN4O/c1-22(15-8-13-6-7-14(9-15)19-13)10-16-20-17(21-23-16)11-2-4-12(18)5-3-11/h2-5,13-15,19H,6-10H2,1H3. The molecule has 4 rings (SSSR count). The van der Waals surface area contributed by atoms with Crippen LogP contribution < -0.4 is 5.32 Å². The second kappa shape index (κ2) is 6.02. The predicted molar refractivity (Wildman–Crippen MR) is 84.1 cm³/mol. The Bertz CT molecular complexity index is 659. The molecular weight excluding hydrogens is 295 g/mol. The van der Waals surface area contributed by atoms with Gasteiger partial charge in [-0.15, -0.1) is 0 Å². The van der Waals surface area contributed by atoms with Gasteiger partial charge in [-0.05, 0) is 57.0 Å². The third kappa shape index (κ3) is 3.14. The fraction of sp³-hybridized carbons (Fsp3) is 0.529. The molecular formula is C17H21FN4O. The lowest BCUT2D eigenvalue weighted by Gasteiger charge is -2.34. The zero-order valence-electron chi connectivity index (χ0n) is 13.2. The van der Waals surface area contributed by atoms with Crippen LogP contribution in [0.4, 0.5) is 4.39 Å². The first-order valence-corrected chi connectivity index (χ1v) is 8.22. The fourth-order valence-electron chi connectivity index (χ4n) is 3.76. The van der Waals surface area contributed by atoms with Crippen molar-refractivity contribution in [2.75, 3.05) is 7.05 Å². The van der Waals surface area contributed by atoms with Gasteiger partial charge < -0.3 is 9.84 Å². The number of nitrogens with zero attached hydrogens (tertiary/aromatic N) is 3. The minimum atomic E-state index is -0.266. The average molecular weight is 316 g/mol. The third-order valence-corrected chi connectivity index (χ3v) is 5.03. The van der Waals surface area contributed by atoms with E-state index in [9.17, 15) is 4.39 Å². The molecule has 2 aliphatic heterocycles. The molecule has 3 heterocycles. The van der Waals surface area contributed by atoms with Crippen molar-refractivity contribution < 1.29 is 8.91 Å². The normalized spacial score (nSPS) is 26.8. The van der Waals surface area contributed by atoms with E-state index in [2.05, 4.69) is 27.4 Å². The van der Waals surface area contributed by atoms with Crippen LogP contribution in [0, 0.1) is 5.82 Å². The van der Waals surface area contributed by atoms with E-state index < -0.39 is 0 Å². The van der Waals surface area contributed by atoms with Crippen LogP contribution in [0.25, 0.3) is 11.4 Å². The number of nitrogens with one attached hydrogen (secondary N) is 1. The first-order valence-electron chi connectivity index (χ1n) is 8.22. The topological polar surface area (TPSA) is 54.2 Å². The van der Waals surface area contributed by atoms with Gasteiger partial charge in [-0.3, -0.25) is 4.90 Å². The second-order valence-electron chi connectivity index (χ2n) is 6.70. The average Bonchev–Trinajstić information content (AvgIpc) is 3.14. The number of halogens is 1. The highest BCUT2D eigenvalue weighted by atomic mass is 19.1. The Hall–Kier alpha value is -1.79. The Morgan fingerprint density at radius 2 is 1.91 bits per heavy atom. The van der Waals surface area contributed by atoms with Gasteiger partial charge in [0, 0.05) is 23.7 Å². The zero-order chi connectivity index (χ0) is 15.8. The van der Waals surface area contributed by atoms with E-state index >= 15 is 0 Å². The van der Waals surface area contributed by atoms with Crippen LogP contribution in [0.15, 0.2) is 28.8 Å². The van der Waals surface area contributed by atoms with E-state index in [1.165, 1.54) is 37.8 Å². The molecule has 122 valence electrons. The summed E-state index contributed by atoms with van der Waals surface area (Å²) in [6.45, 7) is 0.651. The molecule has 2 bridgehead atoms. The van der Waals surface area contributed by atoms with Crippen LogP contribution in [0.5, 0.6) is 0 Å². The summed E-state index contributed by atoms with van der Waals surface area (Å²) in [5.74, 6) is 0.856. The van der Waals surface area contributed by atoms with E-state index in [0.29, 0.717) is 36.4 Å². The number of piperidine rings is 1. The Morgan fingerprint density at radius 1 is 1.22 bits per heavy atom. The van der Waals surface area contributed by atoms with Crippen LogP contribution in [0.1, 0.15) is 31.6 Å². The summed E-state index contributed by atoms with van der Waals surface area (Å²) in [6.07, 6.45) is 4.96. The molecule has 0 saturated carbocycles. The lowest BCUT2D eigenvalue weighted by atomic mass is 9.98. The molecule has 2 atom stereocenters. The summed E-state index contributed by atoms with van der Waals surface area (Å²) in [6, 6.07) is 8.04. The van der Waals surface area contributed by atoms with E-state index in [-0.39, 0.29) is 5.82 Å². The molecule has 2 saturated heterocycles. The smallest absolute Gasteiger partial charge is 0.241 e. The first kappa shape index (κ1) is 14.8. The Kier molecular flexibility index (Phi) is 3.87. The highest BCUT2D eigenvalue weighted by molar-refractivity contribution is 5.53. The molecule has 2 aliphatic rings. The molecule has 1 N–H and O–H groups in total. The summed E-state index contributed by atoms with van der Waals surface area (Å²) >= 11 is 0. The van der Waals surface area contributed by atoms with Crippen molar-refractivity contribution in [2.24, 2.45) is 0 Å². The van der Waals surface area contributed by atoms with Crippen molar-refractivity contribution in [3.05, 3.63) is 36.0 Å². The molecule has 0 aliphatic carbocycles. The summed E-state index contributed by atoms with van der Waals surface area (Å²) < 4.78 is 18.3. The van der Waals surface area contributed by atoms with Crippen molar-refractivity contribution in [1.82, 2.24) is 20.4 Å². The largest absolute Gasteiger partial charge is 0.338 e. The van der Waals surface area contributed by atoms with Gasteiger partial charge in [0.1, 0.15) is 5.82 Å². The molecule has 0 amide bonds. The summed E-state index contributed by atoms with van der Waals surface area (Å²) in [5, 5.41) is 7.67. The van der Waals surface area contributed by atoms with Crippen molar-refractivity contribution in [3.8, 4) is 11.4 Å². The number of rotatable bonds is 4. The lowest BCUT2D eigenvalue weighted by Crippen LogP contribution is -2.46. The Labute approximate surface area is 134 Å². The fourth-order valence-corrected chi connectivity index (χ4v) is 3.76. The van der Waals surface area contributed by atoms with Gasteiger partial charge in [-0.1, -0.05) is 5.16 Å². The van der Waals surface area contributed by atoms with E-state index in [1.54, 1.807) is 12.1 Å².